The normalized spacial score (nSPS) is 10.2. The highest BCUT2D eigenvalue weighted by Crippen LogP contribution is 2.19. The summed E-state index contributed by atoms with van der Waals surface area (Å²) in [6.45, 7) is 6.29. The number of benzene rings is 1. The largest absolute Gasteiger partial charge is 0.355 e. The molecule has 20 heavy (non-hydrogen) atoms. The molecule has 0 aliphatic rings. The number of rotatable bonds is 7. The minimum atomic E-state index is -0.122. The maximum atomic E-state index is 11.9. The smallest absolute Gasteiger partial charge is 0.240 e. The summed E-state index contributed by atoms with van der Waals surface area (Å²) in [5, 5.41) is 2.86. The molecule has 2 amide bonds. The van der Waals surface area contributed by atoms with Gasteiger partial charge in [0.1, 0.15) is 6.54 Å². The minimum absolute atomic E-state index is 0.0757. The second-order valence-electron chi connectivity index (χ2n) is 4.95. The summed E-state index contributed by atoms with van der Waals surface area (Å²) in [7, 11) is 0. The summed E-state index contributed by atoms with van der Waals surface area (Å²) < 4.78 is 0. The van der Waals surface area contributed by atoms with E-state index in [2.05, 4.69) is 12.2 Å². The van der Waals surface area contributed by atoms with Crippen molar-refractivity contribution in [2.24, 2.45) is 0 Å². The van der Waals surface area contributed by atoms with Gasteiger partial charge in [-0.25, -0.2) is 0 Å². The molecule has 0 heterocycles. The van der Waals surface area contributed by atoms with E-state index in [-0.39, 0.29) is 18.4 Å². The zero-order chi connectivity index (χ0) is 15.0. The third-order valence-corrected chi connectivity index (χ3v) is 3.19. The van der Waals surface area contributed by atoms with E-state index in [1.807, 2.05) is 31.2 Å². The molecule has 0 aliphatic carbocycles. The lowest BCUT2D eigenvalue weighted by Gasteiger charge is -2.22. The Morgan fingerprint density at radius 2 is 1.90 bits per heavy atom. The highest BCUT2D eigenvalue weighted by atomic mass is 16.2. The molecule has 0 aromatic heterocycles. The molecule has 0 bridgehead atoms. The monoisotopic (exact) mass is 276 g/mol. The first-order valence-corrected chi connectivity index (χ1v) is 7.16. The van der Waals surface area contributed by atoms with Crippen molar-refractivity contribution in [3.63, 3.8) is 0 Å². The van der Waals surface area contributed by atoms with Gasteiger partial charge in [-0.15, -0.1) is 0 Å². The molecular formula is C16H24N2O2. The van der Waals surface area contributed by atoms with Crippen molar-refractivity contribution in [2.75, 3.05) is 18.0 Å². The molecule has 1 N–H and O–H groups in total. The van der Waals surface area contributed by atoms with Crippen LogP contribution in [-0.2, 0) is 9.59 Å². The van der Waals surface area contributed by atoms with Gasteiger partial charge in [0.25, 0.3) is 0 Å². The molecule has 1 aromatic carbocycles. The zero-order valence-corrected chi connectivity index (χ0v) is 12.6. The lowest BCUT2D eigenvalue weighted by Crippen LogP contribution is -2.40. The van der Waals surface area contributed by atoms with Crippen LogP contribution in [0.4, 0.5) is 5.69 Å². The average Bonchev–Trinajstić information content (AvgIpc) is 2.42. The van der Waals surface area contributed by atoms with Crippen LogP contribution in [0.2, 0.25) is 0 Å². The van der Waals surface area contributed by atoms with E-state index in [0.717, 1.165) is 30.5 Å². The first-order chi connectivity index (χ1) is 9.56. The van der Waals surface area contributed by atoms with Crippen molar-refractivity contribution in [3.05, 3.63) is 29.8 Å². The predicted molar refractivity (Wildman–Crippen MR) is 81.7 cm³/mol. The number of unbranched alkanes of at least 4 members (excludes halogenated alkanes) is 2. The van der Waals surface area contributed by atoms with Gasteiger partial charge in [-0.2, -0.15) is 0 Å². The summed E-state index contributed by atoms with van der Waals surface area (Å²) in [5.41, 5.74) is 1.78. The maximum Gasteiger partial charge on any atom is 0.240 e. The number of aryl methyl sites for hydroxylation is 1. The lowest BCUT2D eigenvalue weighted by atomic mass is 10.2. The molecule has 110 valence electrons. The summed E-state index contributed by atoms with van der Waals surface area (Å²) >= 11 is 0. The Balaban J connectivity index is 2.62. The Hall–Kier alpha value is -1.84. The molecule has 0 saturated heterocycles. The van der Waals surface area contributed by atoms with E-state index in [9.17, 15) is 9.59 Å². The SMILES string of the molecule is CCCCCNC(=O)CN(C(C)=O)c1ccccc1C. The molecular weight excluding hydrogens is 252 g/mol. The second kappa shape index (κ2) is 8.35. The number of nitrogens with zero attached hydrogens (tertiary/aromatic N) is 1. The minimum Gasteiger partial charge on any atom is -0.355 e. The van der Waals surface area contributed by atoms with Crippen molar-refractivity contribution in [1.82, 2.24) is 5.32 Å². The van der Waals surface area contributed by atoms with Crippen LogP contribution in [0.15, 0.2) is 24.3 Å². The maximum absolute atomic E-state index is 11.9. The van der Waals surface area contributed by atoms with Gasteiger partial charge >= 0.3 is 0 Å². The van der Waals surface area contributed by atoms with Crippen LogP contribution in [0, 0.1) is 6.92 Å². The average molecular weight is 276 g/mol. The van der Waals surface area contributed by atoms with E-state index < -0.39 is 0 Å². The summed E-state index contributed by atoms with van der Waals surface area (Å²) in [6.07, 6.45) is 3.21. The first-order valence-electron chi connectivity index (χ1n) is 7.16. The number of amides is 2. The number of carbonyl (C=O) groups is 2. The Bertz CT molecular complexity index is 458. The number of anilines is 1. The zero-order valence-electron chi connectivity index (χ0n) is 12.6. The fraction of sp³-hybridized carbons (Fsp3) is 0.500. The summed E-state index contributed by atoms with van der Waals surface area (Å²) in [4.78, 5) is 25.2. The molecule has 0 unspecified atom stereocenters. The van der Waals surface area contributed by atoms with E-state index in [4.69, 9.17) is 0 Å². The fourth-order valence-corrected chi connectivity index (χ4v) is 2.03. The molecule has 4 heteroatoms. The van der Waals surface area contributed by atoms with Gasteiger partial charge in [0.2, 0.25) is 11.8 Å². The lowest BCUT2D eigenvalue weighted by molar-refractivity contribution is -0.123. The quantitative estimate of drug-likeness (QED) is 0.778. The van der Waals surface area contributed by atoms with Gasteiger partial charge in [0, 0.05) is 19.2 Å². The Labute approximate surface area is 121 Å². The molecule has 0 spiro atoms. The number of carbonyl (C=O) groups excluding carboxylic acids is 2. The van der Waals surface area contributed by atoms with Crippen LogP contribution in [-0.4, -0.2) is 24.9 Å². The van der Waals surface area contributed by atoms with Crippen LogP contribution < -0.4 is 10.2 Å². The van der Waals surface area contributed by atoms with Crippen LogP contribution in [0.1, 0.15) is 38.7 Å². The van der Waals surface area contributed by atoms with Crippen molar-refractivity contribution in [3.8, 4) is 0 Å². The third kappa shape index (κ3) is 5.03. The molecule has 4 nitrogen and oxygen atoms in total. The van der Waals surface area contributed by atoms with Gasteiger partial charge in [0.15, 0.2) is 0 Å². The van der Waals surface area contributed by atoms with E-state index in [1.54, 1.807) is 0 Å². The number of nitrogens with one attached hydrogen (secondary N) is 1. The topological polar surface area (TPSA) is 49.4 Å². The van der Waals surface area contributed by atoms with Crippen molar-refractivity contribution in [1.29, 1.82) is 0 Å². The molecule has 1 rings (SSSR count). The van der Waals surface area contributed by atoms with E-state index >= 15 is 0 Å². The molecule has 0 fully saturated rings. The standard InChI is InChI=1S/C16H24N2O2/c1-4-5-8-11-17-16(20)12-18(14(3)19)15-10-7-6-9-13(15)2/h6-7,9-10H,4-5,8,11-12H2,1-3H3,(H,17,20). The predicted octanol–water partition coefficient (Wildman–Crippen LogP) is 2.65. The number of para-hydroxylation sites is 1. The Morgan fingerprint density at radius 1 is 1.20 bits per heavy atom. The molecule has 0 atom stereocenters. The van der Waals surface area contributed by atoms with Gasteiger partial charge in [-0.05, 0) is 25.0 Å². The second-order valence-corrected chi connectivity index (χ2v) is 4.95. The van der Waals surface area contributed by atoms with E-state index in [1.165, 1.54) is 11.8 Å². The van der Waals surface area contributed by atoms with Gasteiger partial charge in [-0.3, -0.25) is 9.59 Å². The van der Waals surface area contributed by atoms with Crippen molar-refractivity contribution in [2.45, 2.75) is 40.0 Å². The molecule has 0 saturated carbocycles. The number of hydrogen-bond acceptors (Lipinski definition) is 2. The van der Waals surface area contributed by atoms with Crippen molar-refractivity contribution < 1.29 is 9.59 Å². The summed E-state index contributed by atoms with van der Waals surface area (Å²) in [5.74, 6) is -0.234. The van der Waals surface area contributed by atoms with Gasteiger partial charge < -0.3 is 10.2 Å². The Kier molecular flexibility index (Phi) is 6.77. The molecule has 1 aromatic rings. The Morgan fingerprint density at radius 3 is 2.50 bits per heavy atom. The third-order valence-electron chi connectivity index (χ3n) is 3.19. The van der Waals surface area contributed by atoms with Crippen LogP contribution in [0.3, 0.4) is 0 Å². The van der Waals surface area contributed by atoms with Gasteiger partial charge in [-0.1, -0.05) is 38.0 Å². The molecule has 0 aliphatic heterocycles. The first kappa shape index (κ1) is 16.2. The summed E-state index contributed by atoms with van der Waals surface area (Å²) in [6, 6.07) is 7.59. The van der Waals surface area contributed by atoms with Crippen LogP contribution >= 0.6 is 0 Å². The highest BCUT2D eigenvalue weighted by Gasteiger charge is 2.16. The molecule has 0 radical (unpaired) electrons. The van der Waals surface area contributed by atoms with Crippen molar-refractivity contribution >= 4 is 17.5 Å². The fourth-order valence-electron chi connectivity index (χ4n) is 2.03. The number of hydrogen-bond donors (Lipinski definition) is 1. The van der Waals surface area contributed by atoms with Gasteiger partial charge in [0.05, 0.1) is 0 Å². The highest BCUT2D eigenvalue weighted by molar-refractivity contribution is 5.98. The van der Waals surface area contributed by atoms with Crippen LogP contribution in [0.25, 0.3) is 0 Å². The van der Waals surface area contributed by atoms with Crippen LogP contribution in [0.5, 0.6) is 0 Å². The van der Waals surface area contributed by atoms with E-state index in [0.29, 0.717) is 6.54 Å².